The van der Waals surface area contributed by atoms with Crippen molar-refractivity contribution >= 4 is 10.1 Å². The molecular formula is C15H21F3O3S. The molecule has 0 radical (unpaired) electrons. The van der Waals surface area contributed by atoms with E-state index in [-0.39, 0.29) is 16.6 Å². The van der Waals surface area contributed by atoms with E-state index < -0.39 is 15.6 Å². The van der Waals surface area contributed by atoms with E-state index in [2.05, 4.69) is 4.18 Å². The van der Waals surface area contributed by atoms with E-state index in [4.69, 9.17) is 0 Å². The largest absolute Gasteiger partial charge is 0.534 e. The first-order valence-corrected chi connectivity index (χ1v) is 8.12. The van der Waals surface area contributed by atoms with Gasteiger partial charge < -0.3 is 4.18 Å². The lowest BCUT2D eigenvalue weighted by Gasteiger charge is -2.26. The smallest absolute Gasteiger partial charge is 0.376 e. The van der Waals surface area contributed by atoms with Crippen LogP contribution in [0.5, 0.6) is 5.75 Å². The zero-order chi connectivity index (χ0) is 17.6. The zero-order valence-corrected chi connectivity index (χ0v) is 14.3. The lowest BCUT2D eigenvalue weighted by atomic mass is 9.80. The molecule has 0 amide bonds. The summed E-state index contributed by atoms with van der Waals surface area (Å²) in [6.45, 7) is 11.3. The highest BCUT2D eigenvalue weighted by Crippen LogP contribution is 2.35. The van der Waals surface area contributed by atoms with Crippen molar-refractivity contribution in [3.8, 4) is 5.75 Å². The van der Waals surface area contributed by atoms with Crippen molar-refractivity contribution in [3.05, 3.63) is 29.3 Å². The molecule has 0 N–H and O–H groups in total. The second kappa shape index (κ2) is 5.44. The minimum atomic E-state index is -5.68. The molecule has 0 fully saturated rings. The van der Waals surface area contributed by atoms with Crippen molar-refractivity contribution in [2.24, 2.45) is 0 Å². The normalized spacial score (nSPS) is 14.0. The maximum atomic E-state index is 12.5. The summed E-state index contributed by atoms with van der Waals surface area (Å²) >= 11 is 0. The van der Waals surface area contributed by atoms with Crippen LogP contribution < -0.4 is 4.18 Å². The van der Waals surface area contributed by atoms with Gasteiger partial charge in [-0.3, -0.25) is 0 Å². The van der Waals surface area contributed by atoms with Crippen LogP contribution in [0.1, 0.15) is 52.7 Å². The standard InChI is InChI=1S/C15H21F3O3S/c1-13(2,3)10-7-11(14(4,5)6)9-12(8-10)21-22(19,20)15(16,17)18/h7-9H,1-6H3. The maximum Gasteiger partial charge on any atom is 0.534 e. The third-order valence-corrected chi connectivity index (χ3v) is 4.11. The number of halogens is 3. The molecule has 0 unspecified atom stereocenters. The number of hydrogen-bond donors (Lipinski definition) is 0. The van der Waals surface area contributed by atoms with Crippen molar-refractivity contribution in [3.63, 3.8) is 0 Å². The summed E-state index contributed by atoms with van der Waals surface area (Å²) in [5.41, 5.74) is -4.77. The Balaban J connectivity index is 3.44. The first-order chi connectivity index (χ1) is 9.54. The Morgan fingerprint density at radius 3 is 1.45 bits per heavy atom. The van der Waals surface area contributed by atoms with Crippen LogP contribution in [0.4, 0.5) is 13.2 Å². The van der Waals surface area contributed by atoms with E-state index in [9.17, 15) is 21.6 Å². The predicted molar refractivity (Wildman–Crippen MR) is 79.4 cm³/mol. The van der Waals surface area contributed by atoms with Gasteiger partial charge in [0.1, 0.15) is 5.75 Å². The molecular weight excluding hydrogens is 317 g/mol. The summed E-state index contributed by atoms with van der Waals surface area (Å²) in [7, 11) is -5.68. The lowest BCUT2D eigenvalue weighted by molar-refractivity contribution is -0.0500. The van der Waals surface area contributed by atoms with Crippen LogP contribution in [0.2, 0.25) is 0 Å². The van der Waals surface area contributed by atoms with E-state index in [0.29, 0.717) is 11.1 Å². The topological polar surface area (TPSA) is 43.4 Å². The third kappa shape index (κ3) is 4.38. The van der Waals surface area contributed by atoms with Gasteiger partial charge in [-0.05, 0) is 34.1 Å². The predicted octanol–water partition coefficient (Wildman–Crippen LogP) is 4.51. The highest BCUT2D eigenvalue weighted by atomic mass is 32.2. The van der Waals surface area contributed by atoms with E-state index in [1.807, 2.05) is 47.6 Å². The molecule has 0 saturated carbocycles. The molecule has 1 aromatic carbocycles. The average molecular weight is 338 g/mol. The van der Waals surface area contributed by atoms with Gasteiger partial charge >= 0.3 is 15.6 Å². The highest BCUT2D eigenvalue weighted by Gasteiger charge is 2.48. The Hall–Kier alpha value is -1.24. The van der Waals surface area contributed by atoms with Crippen LogP contribution in [0, 0.1) is 0 Å². The Labute approximate surface area is 129 Å². The van der Waals surface area contributed by atoms with Crippen LogP contribution in [-0.4, -0.2) is 13.9 Å². The third-order valence-electron chi connectivity index (χ3n) is 3.13. The zero-order valence-electron chi connectivity index (χ0n) is 13.5. The molecule has 0 bridgehead atoms. The van der Waals surface area contributed by atoms with Crippen LogP contribution in [-0.2, 0) is 20.9 Å². The van der Waals surface area contributed by atoms with Gasteiger partial charge in [0, 0.05) is 0 Å². The molecule has 126 valence electrons. The molecule has 0 atom stereocenters. The van der Waals surface area contributed by atoms with Gasteiger partial charge in [-0.2, -0.15) is 21.6 Å². The number of alkyl halides is 3. The summed E-state index contributed by atoms with van der Waals surface area (Å²) in [5.74, 6) is -0.324. The second-order valence-corrected chi connectivity index (χ2v) is 8.77. The highest BCUT2D eigenvalue weighted by molar-refractivity contribution is 7.88. The van der Waals surface area contributed by atoms with Crippen molar-refractivity contribution < 1.29 is 25.8 Å². The van der Waals surface area contributed by atoms with E-state index in [0.717, 1.165) is 0 Å². The molecule has 0 heterocycles. The monoisotopic (exact) mass is 338 g/mol. The molecule has 0 aromatic heterocycles. The van der Waals surface area contributed by atoms with Gasteiger partial charge in [0.2, 0.25) is 0 Å². The summed E-state index contributed by atoms with van der Waals surface area (Å²) in [6, 6.07) is 4.52. The van der Waals surface area contributed by atoms with Crippen LogP contribution in [0.15, 0.2) is 18.2 Å². The molecule has 0 aliphatic heterocycles. The number of benzene rings is 1. The van der Waals surface area contributed by atoms with Gasteiger partial charge in [0.25, 0.3) is 0 Å². The summed E-state index contributed by atoms with van der Waals surface area (Å²) < 4.78 is 64.1. The quantitative estimate of drug-likeness (QED) is 0.588. The summed E-state index contributed by atoms with van der Waals surface area (Å²) in [5, 5.41) is 0. The fourth-order valence-corrected chi connectivity index (χ4v) is 2.13. The van der Waals surface area contributed by atoms with Gasteiger partial charge in [-0.1, -0.05) is 47.6 Å². The minimum absolute atomic E-state index is 0.324. The molecule has 22 heavy (non-hydrogen) atoms. The van der Waals surface area contributed by atoms with E-state index >= 15 is 0 Å². The van der Waals surface area contributed by atoms with Gasteiger partial charge in [-0.15, -0.1) is 0 Å². The Bertz CT molecular complexity index is 616. The van der Waals surface area contributed by atoms with Crippen LogP contribution in [0.25, 0.3) is 0 Å². The second-order valence-electron chi connectivity index (χ2n) is 7.23. The Morgan fingerprint density at radius 2 is 1.18 bits per heavy atom. The molecule has 3 nitrogen and oxygen atoms in total. The fourth-order valence-electron chi connectivity index (χ4n) is 1.69. The first kappa shape index (κ1) is 18.8. The number of rotatable bonds is 2. The van der Waals surface area contributed by atoms with Gasteiger partial charge in [-0.25, -0.2) is 0 Å². The van der Waals surface area contributed by atoms with Crippen molar-refractivity contribution in [1.29, 1.82) is 0 Å². The molecule has 0 spiro atoms. The lowest BCUT2D eigenvalue weighted by Crippen LogP contribution is -2.28. The summed E-state index contributed by atoms with van der Waals surface area (Å²) in [4.78, 5) is 0. The molecule has 0 saturated heterocycles. The molecule has 1 rings (SSSR count). The molecule has 1 aromatic rings. The summed E-state index contributed by atoms with van der Waals surface area (Å²) in [6.07, 6.45) is 0. The average Bonchev–Trinajstić information content (AvgIpc) is 2.23. The molecule has 0 aliphatic carbocycles. The van der Waals surface area contributed by atoms with Gasteiger partial charge in [0.05, 0.1) is 0 Å². The maximum absolute atomic E-state index is 12.5. The molecule has 0 aliphatic rings. The number of hydrogen-bond acceptors (Lipinski definition) is 3. The SMILES string of the molecule is CC(C)(C)c1cc(OS(=O)(=O)C(F)(F)F)cc(C(C)(C)C)c1. The van der Waals surface area contributed by atoms with Crippen molar-refractivity contribution in [2.45, 2.75) is 57.9 Å². The fraction of sp³-hybridized carbons (Fsp3) is 0.600. The van der Waals surface area contributed by atoms with E-state index in [1.54, 1.807) is 0 Å². The molecule has 7 heteroatoms. The Morgan fingerprint density at radius 1 is 0.818 bits per heavy atom. The minimum Gasteiger partial charge on any atom is -0.376 e. The van der Waals surface area contributed by atoms with Crippen LogP contribution in [0.3, 0.4) is 0 Å². The van der Waals surface area contributed by atoms with Gasteiger partial charge in [0.15, 0.2) is 0 Å². The van der Waals surface area contributed by atoms with E-state index in [1.165, 1.54) is 12.1 Å². The first-order valence-electron chi connectivity index (χ1n) is 6.71. The van der Waals surface area contributed by atoms with Crippen molar-refractivity contribution in [1.82, 2.24) is 0 Å². The Kier molecular flexibility index (Phi) is 4.65. The van der Waals surface area contributed by atoms with Crippen molar-refractivity contribution in [2.75, 3.05) is 0 Å². The van der Waals surface area contributed by atoms with Crippen LogP contribution >= 0.6 is 0 Å².